The molecule has 0 fully saturated rings. The summed E-state index contributed by atoms with van der Waals surface area (Å²) in [4.78, 5) is 29.1. The summed E-state index contributed by atoms with van der Waals surface area (Å²) in [6, 6.07) is 10.0. The molecular formula is C18H12O6. The highest BCUT2D eigenvalue weighted by atomic mass is 17.1. The van der Waals surface area contributed by atoms with E-state index in [-0.39, 0.29) is 30.5 Å². The van der Waals surface area contributed by atoms with Crippen molar-refractivity contribution in [3.8, 4) is 11.5 Å². The quantitative estimate of drug-likeness (QED) is 0.405. The molecule has 0 atom stereocenters. The molecule has 6 heteroatoms. The van der Waals surface area contributed by atoms with Crippen LogP contribution in [0.15, 0.2) is 42.0 Å². The van der Waals surface area contributed by atoms with Crippen molar-refractivity contribution in [3.63, 3.8) is 0 Å². The van der Waals surface area contributed by atoms with E-state index in [0.717, 1.165) is 0 Å². The fourth-order valence-corrected chi connectivity index (χ4v) is 2.84. The number of hydrogen-bond acceptors (Lipinski definition) is 6. The van der Waals surface area contributed by atoms with Gasteiger partial charge >= 0.3 is 0 Å². The third kappa shape index (κ3) is 2.29. The molecule has 0 saturated carbocycles. The predicted octanol–water partition coefficient (Wildman–Crippen LogP) is 2.87. The van der Waals surface area contributed by atoms with Crippen LogP contribution in [0.1, 0.15) is 31.8 Å². The second-order valence-electron chi connectivity index (χ2n) is 5.48. The Kier molecular flexibility index (Phi) is 3.41. The van der Waals surface area contributed by atoms with Gasteiger partial charge in [0.2, 0.25) is 6.79 Å². The minimum Gasteiger partial charge on any atom is -0.454 e. The molecule has 0 aromatic heterocycles. The van der Waals surface area contributed by atoms with E-state index in [1.807, 2.05) is 0 Å². The van der Waals surface area contributed by atoms with Gasteiger partial charge in [-0.15, -0.1) is 0 Å². The van der Waals surface area contributed by atoms with Crippen molar-refractivity contribution in [2.24, 2.45) is 0 Å². The molecule has 0 unspecified atom stereocenters. The standard InChI is InChI=1S/C18H12O6/c19-17-12-3-1-11(8-24-21)6-13(12)18(20)14(17)5-10-2-4-15-16(7-10)23-9-22-15/h1-7,21H,8-9H2. The van der Waals surface area contributed by atoms with Gasteiger partial charge in [-0.1, -0.05) is 12.1 Å². The summed E-state index contributed by atoms with van der Waals surface area (Å²) < 4.78 is 10.5. The van der Waals surface area contributed by atoms with E-state index >= 15 is 0 Å². The molecular weight excluding hydrogens is 312 g/mol. The molecule has 0 radical (unpaired) electrons. The molecule has 0 spiro atoms. The van der Waals surface area contributed by atoms with Crippen molar-refractivity contribution in [1.29, 1.82) is 0 Å². The Balaban J connectivity index is 1.72. The zero-order valence-corrected chi connectivity index (χ0v) is 12.4. The predicted molar refractivity (Wildman–Crippen MR) is 83.1 cm³/mol. The largest absolute Gasteiger partial charge is 0.454 e. The first kappa shape index (κ1) is 14.6. The lowest BCUT2D eigenvalue weighted by atomic mass is 10.1. The number of hydrogen-bond donors (Lipinski definition) is 1. The van der Waals surface area contributed by atoms with Crippen molar-refractivity contribution in [2.75, 3.05) is 6.79 Å². The molecule has 6 nitrogen and oxygen atoms in total. The second kappa shape index (κ2) is 5.59. The number of rotatable bonds is 3. The topological polar surface area (TPSA) is 82.1 Å². The van der Waals surface area contributed by atoms with Crippen LogP contribution in [0.25, 0.3) is 6.08 Å². The van der Waals surface area contributed by atoms with Gasteiger partial charge in [0.25, 0.3) is 0 Å². The minimum atomic E-state index is -0.340. The average molecular weight is 324 g/mol. The first-order valence-electron chi connectivity index (χ1n) is 7.27. The number of ketones is 2. The number of carbonyl (C=O) groups is 2. The lowest BCUT2D eigenvalue weighted by Crippen LogP contribution is -2.00. The molecule has 2 aliphatic rings. The summed E-state index contributed by atoms with van der Waals surface area (Å²) in [5, 5.41) is 8.52. The lowest BCUT2D eigenvalue weighted by molar-refractivity contribution is -0.253. The molecule has 1 aliphatic heterocycles. The van der Waals surface area contributed by atoms with Gasteiger partial charge in [0.05, 0.1) is 5.57 Å². The molecule has 0 amide bonds. The summed E-state index contributed by atoms with van der Waals surface area (Å²) in [7, 11) is 0. The van der Waals surface area contributed by atoms with Crippen LogP contribution < -0.4 is 9.47 Å². The number of fused-ring (bicyclic) bond motifs is 2. The van der Waals surface area contributed by atoms with Gasteiger partial charge in [0.1, 0.15) is 6.61 Å². The van der Waals surface area contributed by atoms with E-state index in [9.17, 15) is 9.59 Å². The van der Waals surface area contributed by atoms with Crippen LogP contribution >= 0.6 is 0 Å². The molecule has 2 aromatic rings. The van der Waals surface area contributed by atoms with Crippen molar-refractivity contribution in [3.05, 3.63) is 64.2 Å². The van der Waals surface area contributed by atoms with Gasteiger partial charge in [-0.05, 0) is 41.5 Å². The van der Waals surface area contributed by atoms with Gasteiger partial charge in [0.15, 0.2) is 23.1 Å². The molecule has 24 heavy (non-hydrogen) atoms. The molecule has 1 N–H and O–H groups in total. The molecule has 2 aromatic carbocycles. The molecule has 0 bridgehead atoms. The zero-order valence-electron chi connectivity index (χ0n) is 12.4. The molecule has 120 valence electrons. The van der Waals surface area contributed by atoms with Gasteiger partial charge in [-0.2, -0.15) is 0 Å². The van der Waals surface area contributed by atoms with Crippen molar-refractivity contribution < 1.29 is 29.2 Å². The van der Waals surface area contributed by atoms with E-state index in [1.165, 1.54) is 0 Å². The number of Topliss-reactive ketones (excluding diaryl/α,β-unsaturated/α-hetero) is 2. The van der Waals surface area contributed by atoms with Crippen LogP contribution in [0.3, 0.4) is 0 Å². The van der Waals surface area contributed by atoms with E-state index in [0.29, 0.717) is 33.8 Å². The maximum absolute atomic E-state index is 12.6. The van der Waals surface area contributed by atoms with E-state index < -0.39 is 0 Å². The highest BCUT2D eigenvalue weighted by molar-refractivity contribution is 6.41. The Bertz CT molecular complexity index is 896. The Morgan fingerprint density at radius 1 is 1.00 bits per heavy atom. The van der Waals surface area contributed by atoms with Gasteiger partial charge in [0, 0.05) is 11.1 Å². The van der Waals surface area contributed by atoms with Crippen molar-refractivity contribution >= 4 is 17.6 Å². The van der Waals surface area contributed by atoms with Crippen LogP contribution in [-0.4, -0.2) is 23.6 Å². The highest BCUT2D eigenvalue weighted by Crippen LogP contribution is 2.34. The van der Waals surface area contributed by atoms with Crippen LogP contribution in [0.4, 0.5) is 0 Å². The van der Waals surface area contributed by atoms with Gasteiger partial charge in [-0.25, -0.2) is 4.89 Å². The Hall–Kier alpha value is -2.96. The summed E-state index contributed by atoms with van der Waals surface area (Å²) in [5.41, 5.74) is 2.07. The average Bonchev–Trinajstić information content (AvgIpc) is 3.14. The Morgan fingerprint density at radius 3 is 2.62 bits per heavy atom. The third-order valence-corrected chi connectivity index (χ3v) is 4.00. The van der Waals surface area contributed by atoms with Crippen molar-refractivity contribution in [2.45, 2.75) is 6.61 Å². The van der Waals surface area contributed by atoms with Gasteiger partial charge in [-0.3, -0.25) is 14.8 Å². The summed E-state index contributed by atoms with van der Waals surface area (Å²) in [6.45, 7) is 0.115. The number of benzene rings is 2. The zero-order chi connectivity index (χ0) is 16.7. The molecule has 1 heterocycles. The normalized spacial score (nSPS) is 16.8. The van der Waals surface area contributed by atoms with Crippen LogP contribution in [0.5, 0.6) is 11.5 Å². The van der Waals surface area contributed by atoms with Crippen molar-refractivity contribution in [1.82, 2.24) is 0 Å². The molecule has 0 saturated heterocycles. The maximum Gasteiger partial charge on any atom is 0.231 e. The van der Waals surface area contributed by atoms with E-state index in [1.54, 1.807) is 42.5 Å². The molecule has 1 aliphatic carbocycles. The monoisotopic (exact) mass is 324 g/mol. The first-order chi connectivity index (χ1) is 11.7. The number of allylic oxidation sites excluding steroid dienone is 1. The molecule has 4 rings (SSSR count). The number of carbonyl (C=O) groups excluding carboxylic acids is 2. The maximum atomic E-state index is 12.6. The van der Waals surface area contributed by atoms with Crippen LogP contribution in [0, 0.1) is 0 Å². The smallest absolute Gasteiger partial charge is 0.231 e. The number of ether oxygens (including phenoxy) is 2. The summed E-state index contributed by atoms with van der Waals surface area (Å²) in [6.07, 6.45) is 1.55. The second-order valence-corrected chi connectivity index (χ2v) is 5.48. The van der Waals surface area contributed by atoms with E-state index in [4.69, 9.17) is 14.7 Å². The highest BCUT2D eigenvalue weighted by Gasteiger charge is 2.33. The minimum absolute atomic E-state index is 0.0457. The SMILES string of the molecule is O=C1C(=Cc2ccc3c(c2)OCO3)C(=O)c2cc(COO)ccc21. The lowest BCUT2D eigenvalue weighted by Gasteiger charge is -2.00. The van der Waals surface area contributed by atoms with Crippen LogP contribution in [-0.2, 0) is 11.5 Å². The first-order valence-corrected chi connectivity index (χ1v) is 7.27. The van der Waals surface area contributed by atoms with Crippen LogP contribution in [0.2, 0.25) is 0 Å². The van der Waals surface area contributed by atoms with Gasteiger partial charge < -0.3 is 9.47 Å². The third-order valence-electron chi connectivity index (χ3n) is 4.00. The summed E-state index contributed by atoms with van der Waals surface area (Å²) in [5.74, 6) is 0.567. The fraction of sp³-hybridized carbons (Fsp3) is 0.111. The van der Waals surface area contributed by atoms with E-state index in [2.05, 4.69) is 4.89 Å². The Labute approximate surface area is 136 Å². The fourth-order valence-electron chi connectivity index (χ4n) is 2.84. The Morgan fingerprint density at radius 2 is 1.79 bits per heavy atom. The summed E-state index contributed by atoms with van der Waals surface area (Å²) >= 11 is 0.